The molecule has 0 radical (unpaired) electrons. The minimum Gasteiger partial charge on any atom is -0.379 e. The maximum absolute atomic E-state index is 13.7. The average molecular weight is 553 g/mol. The summed E-state index contributed by atoms with van der Waals surface area (Å²) >= 11 is 0. The molecule has 1 amide bonds. The van der Waals surface area contributed by atoms with Crippen LogP contribution in [0.25, 0.3) is 17.1 Å². The van der Waals surface area contributed by atoms with Gasteiger partial charge in [-0.1, -0.05) is 0 Å². The van der Waals surface area contributed by atoms with Gasteiger partial charge in [0.05, 0.1) is 30.8 Å². The molecule has 0 bridgehead atoms. The third-order valence-corrected chi connectivity index (χ3v) is 6.26. The second-order valence-electron chi connectivity index (χ2n) is 9.09. The number of hydrogen-bond donors (Lipinski definition) is 2. The van der Waals surface area contributed by atoms with Gasteiger partial charge in [0.25, 0.3) is 5.91 Å². The van der Waals surface area contributed by atoms with E-state index in [1.54, 1.807) is 24.3 Å². The van der Waals surface area contributed by atoms with E-state index in [0.717, 1.165) is 50.0 Å². The minimum atomic E-state index is -4.66. The summed E-state index contributed by atoms with van der Waals surface area (Å²) in [5.41, 5.74) is 0.278. The summed E-state index contributed by atoms with van der Waals surface area (Å²) in [5, 5.41) is 10.1. The molecule has 1 aliphatic rings. The Kier molecular flexibility index (Phi) is 8.31. The highest BCUT2D eigenvalue weighted by Crippen LogP contribution is 2.33. The first-order chi connectivity index (χ1) is 19.4. The summed E-state index contributed by atoms with van der Waals surface area (Å²) < 4.78 is 47.3. The van der Waals surface area contributed by atoms with Gasteiger partial charge in [0.2, 0.25) is 0 Å². The minimum absolute atomic E-state index is 0.0482. The molecule has 4 aromatic rings. The van der Waals surface area contributed by atoms with E-state index in [2.05, 4.69) is 35.6 Å². The smallest absolute Gasteiger partial charge is 0.379 e. The highest BCUT2D eigenvalue weighted by molar-refractivity contribution is 6.04. The van der Waals surface area contributed by atoms with Gasteiger partial charge in [-0.3, -0.25) is 14.7 Å². The van der Waals surface area contributed by atoms with Gasteiger partial charge >= 0.3 is 6.18 Å². The molecule has 0 saturated carbocycles. The average Bonchev–Trinajstić information content (AvgIpc) is 3.44. The first-order valence-corrected chi connectivity index (χ1v) is 12.7. The molecule has 1 saturated heterocycles. The van der Waals surface area contributed by atoms with Crippen LogP contribution in [0.2, 0.25) is 0 Å². The fourth-order valence-corrected chi connectivity index (χ4v) is 4.21. The number of amides is 1. The molecule has 1 aliphatic heterocycles. The maximum Gasteiger partial charge on any atom is 0.433 e. The first-order valence-electron chi connectivity index (χ1n) is 12.7. The maximum atomic E-state index is 13.7. The summed E-state index contributed by atoms with van der Waals surface area (Å²) in [4.78, 5) is 27.5. The van der Waals surface area contributed by atoms with E-state index in [0.29, 0.717) is 29.2 Å². The van der Waals surface area contributed by atoms with Gasteiger partial charge in [0.15, 0.2) is 11.5 Å². The molecule has 13 heteroatoms. The standard InChI is InChI=1S/C27H27F3N8O2/c28-27(29,30)23-16-22(20-3-1-7-31-17-20)36-38(23)25-5-4-21(18-34-25)35-26(39)19-6-9-33-24(15-19)32-8-2-10-37-11-13-40-14-12-37/h1,3-7,9,15-18H,2,8,10-14H2,(H,32,33)(H,35,39). The SMILES string of the molecule is O=C(Nc1ccc(-n2nc(-c3cccnc3)cc2C(F)(F)F)nc1)c1ccnc(NCCCN2CCOCC2)c1. The molecule has 2 N–H and O–H groups in total. The Labute approximate surface area is 228 Å². The van der Waals surface area contributed by atoms with E-state index in [-0.39, 0.29) is 11.5 Å². The zero-order valence-corrected chi connectivity index (χ0v) is 21.4. The molecule has 0 atom stereocenters. The number of rotatable bonds is 9. The second kappa shape index (κ2) is 12.2. The molecule has 5 heterocycles. The van der Waals surface area contributed by atoms with Crippen molar-refractivity contribution in [1.82, 2.24) is 29.6 Å². The summed E-state index contributed by atoms with van der Waals surface area (Å²) in [6, 6.07) is 10.2. The van der Waals surface area contributed by atoms with Crippen LogP contribution in [-0.2, 0) is 10.9 Å². The Morgan fingerprint density at radius 3 is 2.60 bits per heavy atom. The fraction of sp³-hybridized carbons (Fsp3) is 0.296. The molecule has 40 heavy (non-hydrogen) atoms. The molecule has 5 rings (SSSR count). The molecular formula is C27H27F3N8O2. The van der Waals surface area contributed by atoms with Crippen molar-refractivity contribution in [2.24, 2.45) is 0 Å². The Bertz CT molecular complexity index is 1420. The Morgan fingerprint density at radius 1 is 1.02 bits per heavy atom. The lowest BCUT2D eigenvalue weighted by atomic mass is 10.2. The summed E-state index contributed by atoms with van der Waals surface area (Å²) in [7, 11) is 0. The number of halogens is 3. The Hall–Kier alpha value is -4.36. The normalized spacial score (nSPS) is 14.2. The first kappa shape index (κ1) is 27.2. The molecule has 0 aromatic carbocycles. The number of pyridine rings is 3. The summed E-state index contributed by atoms with van der Waals surface area (Å²) in [6.07, 6.45) is 2.05. The van der Waals surface area contributed by atoms with E-state index >= 15 is 0 Å². The van der Waals surface area contributed by atoms with Crippen LogP contribution in [0, 0.1) is 0 Å². The van der Waals surface area contributed by atoms with Crippen LogP contribution in [0.5, 0.6) is 0 Å². The third-order valence-electron chi connectivity index (χ3n) is 6.26. The zero-order chi connectivity index (χ0) is 28.0. The summed E-state index contributed by atoms with van der Waals surface area (Å²) in [5.74, 6) is 0.126. The second-order valence-corrected chi connectivity index (χ2v) is 9.09. The molecule has 1 fully saturated rings. The van der Waals surface area contributed by atoms with Gasteiger partial charge in [-0.25, -0.2) is 14.6 Å². The quantitative estimate of drug-likeness (QED) is 0.299. The highest BCUT2D eigenvalue weighted by atomic mass is 19.4. The van der Waals surface area contributed by atoms with Crippen molar-refractivity contribution in [3.63, 3.8) is 0 Å². The van der Waals surface area contributed by atoms with Crippen molar-refractivity contribution in [2.75, 3.05) is 50.0 Å². The zero-order valence-electron chi connectivity index (χ0n) is 21.4. The molecule has 0 spiro atoms. The van der Waals surface area contributed by atoms with E-state index in [1.165, 1.54) is 36.9 Å². The van der Waals surface area contributed by atoms with Crippen molar-refractivity contribution in [3.05, 3.63) is 78.5 Å². The predicted molar refractivity (Wildman–Crippen MR) is 142 cm³/mol. The van der Waals surface area contributed by atoms with Gasteiger partial charge in [-0.2, -0.15) is 18.3 Å². The van der Waals surface area contributed by atoms with Crippen molar-refractivity contribution in [2.45, 2.75) is 12.6 Å². The van der Waals surface area contributed by atoms with Gasteiger partial charge < -0.3 is 15.4 Å². The largest absolute Gasteiger partial charge is 0.433 e. The van der Waals surface area contributed by atoms with Gasteiger partial charge in [0.1, 0.15) is 5.82 Å². The number of aromatic nitrogens is 5. The van der Waals surface area contributed by atoms with E-state index in [1.807, 2.05) is 0 Å². The van der Waals surface area contributed by atoms with Crippen molar-refractivity contribution >= 4 is 17.4 Å². The summed E-state index contributed by atoms with van der Waals surface area (Å²) in [6.45, 7) is 5.04. The number of alkyl halides is 3. The topological polar surface area (TPSA) is 110 Å². The van der Waals surface area contributed by atoms with Crippen LogP contribution in [0.4, 0.5) is 24.7 Å². The lowest BCUT2D eigenvalue weighted by molar-refractivity contribution is -0.142. The predicted octanol–water partition coefficient (Wildman–Crippen LogP) is 4.13. The van der Waals surface area contributed by atoms with Crippen LogP contribution < -0.4 is 10.6 Å². The van der Waals surface area contributed by atoms with Crippen LogP contribution in [-0.4, -0.2) is 74.9 Å². The Balaban J connectivity index is 1.22. The molecule has 208 valence electrons. The van der Waals surface area contributed by atoms with Crippen molar-refractivity contribution in [1.29, 1.82) is 0 Å². The number of hydrogen-bond acceptors (Lipinski definition) is 8. The lowest BCUT2D eigenvalue weighted by Crippen LogP contribution is -2.37. The van der Waals surface area contributed by atoms with Crippen LogP contribution in [0.3, 0.4) is 0 Å². The van der Waals surface area contributed by atoms with Crippen molar-refractivity contribution in [3.8, 4) is 17.1 Å². The number of nitrogens with zero attached hydrogens (tertiary/aromatic N) is 6. The number of carbonyl (C=O) groups is 1. The third kappa shape index (κ3) is 6.79. The monoisotopic (exact) mass is 552 g/mol. The molecule has 4 aromatic heterocycles. The van der Waals surface area contributed by atoms with E-state index < -0.39 is 17.8 Å². The van der Waals surface area contributed by atoms with Gasteiger partial charge in [-0.15, -0.1) is 0 Å². The number of nitrogens with one attached hydrogen (secondary N) is 2. The van der Waals surface area contributed by atoms with Crippen LogP contribution in [0.1, 0.15) is 22.5 Å². The molecule has 0 unspecified atom stereocenters. The van der Waals surface area contributed by atoms with E-state index in [9.17, 15) is 18.0 Å². The fourth-order valence-electron chi connectivity index (χ4n) is 4.21. The number of morpholine rings is 1. The Morgan fingerprint density at radius 2 is 1.88 bits per heavy atom. The van der Waals surface area contributed by atoms with E-state index in [4.69, 9.17) is 4.74 Å². The molecular weight excluding hydrogens is 525 g/mol. The van der Waals surface area contributed by atoms with Gasteiger partial charge in [0, 0.05) is 49.4 Å². The molecule has 10 nitrogen and oxygen atoms in total. The van der Waals surface area contributed by atoms with Crippen LogP contribution in [0.15, 0.2) is 67.3 Å². The van der Waals surface area contributed by atoms with Crippen LogP contribution >= 0.6 is 0 Å². The van der Waals surface area contributed by atoms with Crippen molar-refractivity contribution < 1.29 is 22.7 Å². The number of carbonyl (C=O) groups excluding carboxylic acids is 1. The number of ether oxygens (including phenoxy) is 1. The number of anilines is 2. The molecule has 0 aliphatic carbocycles. The van der Waals surface area contributed by atoms with Gasteiger partial charge in [-0.05, 0) is 55.4 Å². The highest BCUT2D eigenvalue weighted by Gasteiger charge is 2.36. The lowest BCUT2D eigenvalue weighted by Gasteiger charge is -2.26.